The minimum Gasteiger partial charge on any atom is -0.343 e. The Kier molecular flexibility index (Phi) is 8.23. The largest absolute Gasteiger partial charge is 0.343 e. The van der Waals surface area contributed by atoms with Crippen LogP contribution in [-0.4, -0.2) is 15.0 Å². The zero-order chi connectivity index (χ0) is 17.3. The van der Waals surface area contributed by atoms with Crippen LogP contribution in [0.3, 0.4) is 0 Å². The summed E-state index contributed by atoms with van der Waals surface area (Å²) < 4.78 is 29.6. The van der Waals surface area contributed by atoms with E-state index in [0.29, 0.717) is 11.1 Å². The minimum atomic E-state index is -3.75. The van der Waals surface area contributed by atoms with Crippen molar-refractivity contribution in [1.29, 1.82) is 0 Å². The van der Waals surface area contributed by atoms with Gasteiger partial charge in [0.1, 0.15) is 5.69 Å². The molecule has 0 fully saturated rings. The van der Waals surface area contributed by atoms with E-state index in [0.717, 1.165) is 24.6 Å². The number of hydrogen-bond donors (Lipinski definition) is 1. The van der Waals surface area contributed by atoms with Gasteiger partial charge in [0.2, 0.25) is 0 Å². The molecule has 2 aromatic rings. The second kappa shape index (κ2) is 9.65. The second-order valence-electron chi connectivity index (χ2n) is 5.26. The van der Waals surface area contributed by atoms with Crippen LogP contribution in [0.4, 0.5) is 5.69 Å². The van der Waals surface area contributed by atoms with Crippen molar-refractivity contribution < 1.29 is 18.3 Å². The van der Waals surface area contributed by atoms with Crippen LogP contribution in [0.15, 0.2) is 41.3 Å². The quantitative estimate of drug-likeness (QED) is 0.494. The van der Waals surface area contributed by atoms with Crippen LogP contribution in [0.25, 0.3) is 10.8 Å². The predicted molar refractivity (Wildman–Crippen MR) is 94.8 cm³/mol. The van der Waals surface area contributed by atoms with Gasteiger partial charge in [0.05, 0.1) is 6.61 Å². The van der Waals surface area contributed by atoms with Gasteiger partial charge in [-0.15, -0.1) is 0 Å². The molecule has 0 amide bonds. The number of hydrogen-bond acceptors (Lipinski definition) is 3. The van der Waals surface area contributed by atoms with E-state index in [4.69, 9.17) is 4.18 Å². The summed E-state index contributed by atoms with van der Waals surface area (Å²) in [5.41, 5.74) is 4.27. The van der Waals surface area contributed by atoms with E-state index < -0.39 is 10.1 Å². The van der Waals surface area contributed by atoms with Crippen molar-refractivity contribution in [1.82, 2.24) is 0 Å². The summed E-state index contributed by atoms with van der Waals surface area (Å²) in [6.45, 7) is 7.92. The average Bonchev–Trinajstić information content (AvgIpc) is 2.54. The normalized spacial score (nSPS) is 11.1. The SMILES string of the molecule is CCCCOS(=O)(=O)c1c([NH3+])ccc2ccccc12.[CH2-]CCC. The van der Waals surface area contributed by atoms with Gasteiger partial charge in [-0.2, -0.15) is 14.8 Å². The molecule has 0 aliphatic rings. The third-order valence-electron chi connectivity index (χ3n) is 3.30. The lowest BCUT2D eigenvalue weighted by Crippen LogP contribution is -2.42. The van der Waals surface area contributed by atoms with Crippen LogP contribution >= 0.6 is 0 Å². The number of unbranched alkanes of at least 4 members (excludes halogenated alkanes) is 2. The van der Waals surface area contributed by atoms with Crippen molar-refractivity contribution in [3.63, 3.8) is 0 Å². The van der Waals surface area contributed by atoms with Crippen molar-refractivity contribution in [3.8, 4) is 0 Å². The lowest BCUT2D eigenvalue weighted by atomic mass is 10.1. The second-order valence-corrected chi connectivity index (χ2v) is 6.81. The lowest BCUT2D eigenvalue weighted by molar-refractivity contribution is -0.258. The van der Waals surface area contributed by atoms with E-state index >= 15 is 0 Å². The third-order valence-corrected chi connectivity index (χ3v) is 4.76. The molecule has 3 N–H and O–H groups in total. The van der Waals surface area contributed by atoms with Gasteiger partial charge in [-0.05, 0) is 17.9 Å². The number of quaternary nitrogens is 1. The Labute approximate surface area is 139 Å². The summed E-state index contributed by atoms with van der Waals surface area (Å²) in [4.78, 5) is 0.182. The van der Waals surface area contributed by atoms with Crippen LogP contribution < -0.4 is 5.73 Å². The molecule has 0 saturated carbocycles. The Morgan fingerprint density at radius 1 is 1.09 bits per heavy atom. The van der Waals surface area contributed by atoms with Crippen molar-refractivity contribution in [2.24, 2.45) is 0 Å². The fraction of sp³-hybridized carbons (Fsp3) is 0.389. The van der Waals surface area contributed by atoms with Gasteiger partial charge in [0, 0.05) is 11.5 Å². The maximum Gasteiger partial charge on any atom is 0.303 e. The summed E-state index contributed by atoms with van der Waals surface area (Å²) >= 11 is 0. The Bertz CT molecular complexity index is 709. The van der Waals surface area contributed by atoms with Gasteiger partial charge >= 0.3 is 10.1 Å². The Balaban J connectivity index is 0.000000593. The van der Waals surface area contributed by atoms with Gasteiger partial charge in [-0.1, -0.05) is 51.0 Å². The molecule has 0 heterocycles. The highest BCUT2D eigenvalue weighted by Crippen LogP contribution is 2.29. The van der Waals surface area contributed by atoms with Crippen molar-refractivity contribution in [3.05, 3.63) is 43.3 Å². The van der Waals surface area contributed by atoms with Crippen LogP contribution in [0.1, 0.15) is 39.5 Å². The molecule has 23 heavy (non-hydrogen) atoms. The Hall–Kier alpha value is -1.43. The molecular weight excluding hydrogens is 310 g/mol. The molecule has 2 rings (SSSR count). The van der Waals surface area contributed by atoms with Crippen LogP contribution in [-0.2, 0) is 14.3 Å². The first-order chi connectivity index (χ1) is 11.0. The topological polar surface area (TPSA) is 71.0 Å². The fourth-order valence-electron chi connectivity index (χ4n) is 1.96. The van der Waals surface area contributed by atoms with E-state index in [-0.39, 0.29) is 11.5 Å². The van der Waals surface area contributed by atoms with Crippen LogP contribution in [0.5, 0.6) is 0 Å². The average molecular weight is 337 g/mol. The van der Waals surface area contributed by atoms with E-state index in [1.165, 1.54) is 6.42 Å². The number of fused-ring (bicyclic) bond motifs is 1. The smallest absolute Gasteiger partial charge is 0.303 e. The number of rotatable bonds is 6. The highest BCUT2D eigenvalue weighted by atomic mass is 32.2. The van der Waals surface area contributed by atoms with E-state index in [1.807, 2.05) is 31.2 Å². The zero-order valence-corrected chi connectivity index (χ0v) is 14.9. The Morgan fingerprint density at radius 2 is 1.74 bits per heavy atom. The molecule has 0 atom stereocenters. The van der Waals surface area contributed by atoms with Crippen LogP contribution in [0, 0.1) is 6.92 Å². The van der Waals surface area contributed by atoms with Crippen molar-refractivity contribution in [2.75, 3.05) is 6.61 Å². The molecule has 128 valence electrons. The summed E-state index contributed by atoms with van der Waals surface area (Å²) in [5, 5.41) is 1.53. The lowest BCUT2D eigenvalue weighted by Gasteiger charge is -2.09. The maximum absolute atomic E-state index is 12.3. The maximum atomic E-state index is 12.3. The van der Waals surface area contributed by atoms with Gasteiger partial charge in [-0.25, -0.2) is 0 Å². The van der Waals surface area contributed by atoms with E-state index in [9.17, 15) is 8.42 Å². The zero-order valence-electron chi connectivity index (χ0n) is 14.0. The number of benzene rings is 2. The highest BCUT2D eigenvalue weighted by molar-refractivity contribution is 7.87. The molecule has 0 saturated heterocycles. The van der Waals surface area contributed by atoms with Gasteiger partial charge in [0.25, 0.3) is 0 Å². The highest BCUT2D eigenvalue weighted by Gasteiger charge is 2.23. The van der Waals surface area contributed by atoms with Gasteiger partial charge < -0.3 is 12.7 Å². The first-order valence-electron chi connectivity index (χ1n) is 8.00. The van der Waals surface area contributed by atoms with Crippen molar-refractivity contribution in [2.45, 2.75) is 44.4 Å². The Morgan fingerprint density at radius 3 is 2.35 bits per heavy atom. The molecule has 0 aliphatic heterocycles. The fourth-order valence-corrected chi connectivity index (χ4v) is 3.25. The monoisotopic (exact) mass is 337 g/mol. The minimum absolute atomic E-state index is 0.182. The molecule has 0 radical (unpaired) electrons. The molecule has 0 spiro atoms. The molecule has 0 bridgehead atoms. The third kappa shape index (κ3) is 5.61. The standard InChI is InChI=1S/C14H17NO3S.C4H9/c1-2-3-10-18-19(16,17)14-12-7-5-4-6-11(12)8-9-13(14)15;1-3-4-2/h4-9H,2-3,10,15H2,1H3;1,3-4H2,2H3/q;-1/p+1. The van der Waals surface area contributed by atoms with Crippen LogP contribution in [0.2, 0.25) is 0 Å². The van der Waals surface area contributed by atoms with Crippen molar-refractivity contribution >= 4 is 26.6 Å². The van der Waals surface area contributed by atoms with Gasteiger partial charge in [-0.3, -0.25) is 4.18 Å². The summed E-state index contributed by atoms with van der Waals surface area (Å²) in [6, 6.07) is 10.9. The molecule has 4 nitrogen and oxygen atoms in total. The molecule has 0 unspecified atom stereocenters. The first kappa shape index (κ1) is 19.6. The van der Waals surface area contributed by atoms with E-state index in [1.54, 1.807) is 12.1 Å². The molecule has 5 heteroatoms. The molecule has 2 aromatic carbocycles. The van der Waals surface area contributed by atoms with Gasteiger partial charge in [0.15, 0.2) is 4.90 Å². The summed E-state index contributed by atoms with van der Waals surface area (Å²) in [7, 11) is -3.75. The molecular formula is C18H27NO3S. The van der Waals surface area contributed by atoms with E-state index in [2.05, 4.69) is 19.6 Å². The predicted octanol–water partition coefficient (Wildman–Crippen LogP) is 3.84. The molecule has 0 aromatic heterocycles. The summed E-state index contributed by atoms with van der Waals surface area (Å²) in [6.07, 6.45) is 3.89. The first-order valence-corrected chi connectivity index (χ1v) is 9.41. The molecule has 0 aliphatic carbocycles. The summed E-state index contributed by atoms with van der Waals surface area (Å²) in [5.74, 6) is 0.